The van der Waals surface area contributed by atoms with Gasteiger partial charge in [0.25, 0.3) is 0 Å². The second-order valence-electron chi connectivity index (χ2n) is 4.77. The van der Waals surface area contributed by atoms with Crippen molar-refractivity contribution in [3.05, 3.63) is 34.1 Å². The summed E-state index contributed by atoms with van der Waals surface area (Å²) in [6.45, 7) is 8.04. The predicted molar refractivity (Wildman–Crippen MR) is 84.6 cm³/mol. The molecule has 1 unspecified atom stereocenters. The third kappa shape index (κ3) is 4.86. The number of nitrogens with one attached hydrogen (secondary N) is 2. The lowest BCUT2D eigenvalue weighted by Gasteiger charge is -2.14. The Morgan fingerprint density at radius 2 is 2.33 bits per heavy atom. The van der Waals surface area contributed by atoms with Gasteiger partial charge in [-0.05, 0) is 42.2 Å². The molecule has 2 rings (SSSR count). The Morgan fingerprint density at radius 3 is 2.95 bits per heavy atom. The van der Waals surface area contributed by atoms with Crippen LogP contribution in [-0.4, -0.2) is 29.2 Å². The van der Waals surface area contributed by atoms with Crippen LogP contribution in [0.1, 0.15) is 37.0 Å². The van der Waals surface area contributed by atoms with E-state index in [4.69, 9.17) is 4.52 Å². The van der Waals surface area contributed by atoms with Crippen LogP contribution >= 0.6 is 11.3 Å². The molecule has 0 aliphatic carbocycles. The van der Waals surface area contributed by atoms with Crippen LogP contribution < -0.4 is 10.6 Å². The van der Waals surface area contributed by atoms with Crippen LogP contribution in [0.15, 0.2) is 26.3 Å². The maximum absolute atomic E-state index is 5.05. The van der Waals surface area contributed by atoms with E-state index in [0.29, 0.717) is 24.2 Å². The standard InChI is InChI=1S/C14H21N5OS/c1-4-15-14(17-8-13-18-11(3)19-20-13)16-7-10(2)12-5-6-21-9-12/h5-6,9-10H,4,7-8H2,1-3H3,(H2,15,16,17). The summed E-state index contributed by atoms with van der Waals surface area (Å²) in [6, 6.07) is 2.16. The van der Waals surface area contributed by atoms with Crippen LogP contribution in [0.3, 0.4) is 0 Å². The van der Waals surface area contributed by atoms with E-state index in [0.717, 1.165) is 19.0 Å². The van der Waals surface area contributed by atoms with Gasteiger partial charge in [0.05, 0.1) is 0 Å². The maximum Gasteiger partial charge on any atom is 0.248 e. The van der Waals surface area contributed by atoms with Crippen molar-refractivity contribution in [3.8, 4) is 0 Å². The van der Waals surface area contributed by atoms with Crippen molar-refractivity contribution in [2.75, 3.05) is 13.1 Å². The largest absolute Gasteiger partial charge is 0.357 e. The summed E-state index contributed by atoms with van der Waals surface area (Å²) in [4.78, 5) is 8.59. The van der Waals surface area contributed by atoms with Crippen molar-refractivity contribution in [2.45, 2.75) is 33.2 Å². The first-order chi connectivity index (χ1) is 10.2. The third-order valence-electron chi connectivity index (χ3n) is 2.97. The maximum atomic E-state index is 5.05. The van der Waals surface area contributed by atoms with Crippen molar-refractivity contribution in [1.29, 1.82) is 0 Å². The average molecular weight is 307 g/mol. The summed E-state index contributed by atoms with van der Waals surface area (Å²) in [6.07, 6.45) is 0. The fourth-order valence-corrected chi connectivity index (χ4v) is 2.60. The van der Waals surface area contributed by atoms with Gasteiger partial charge in [0.2, 0.25) is 5.89 Å². The van der Waals surface area contributed by atoms with E-state index in [1.807, 2.05) is 6.92 Å². The van der Waals surface area contributed by atoms with Gasteiger partial charge in [-0.25, -0.2) is 4.99 Å². The first-order valence-electron chi connectivity index (χ1n) is 7.02. The van der Waals surface area contributed by atoms with E-state index in [2.05, 4.69) is 49.5 Å². The van der Waals surface area contributed by atoms with Gasteiger partial charge >= 0.3 is 0 Å². The van der Waals surface area contributed by atoms with Crippen LogP contribution in [0.25, 0.3) is 0 Å². The van der Waals surface area contributed by atoms with Gasteiger partial charge in [-0.3, -0.25) is 0 Å². The molecule has 0 aliphatic rings. The Hall–Kier alpha value is -1.89. The number of nitrogens with zero attached hydrogens (tertiary/aromatic N) is 3. The van der Waals surface area contributed by atoms with Gasteiger partial charge in [0, 0.05) is 13.1 Å². The van der Waals surface area contributed by atoms with Crippen molar-refractivity contribution in [2.24, 2.45) is 4.99 Å². The highest BCUT2D eigenvalue weighted by Gasteiger charge is 2.07. The van der Waals surface area contributed by atoms with E-state index in [-0.39, 0.29) is 0 Å². The summed E-state index contributed by atoms with van der Waals surface area (Å²) in [5.41, 5.74) is 1.34. The number of aromatic nitrogens is 2. The third-order valence-corrected chi connectivity index (χ3v) is 3.68. The number of aliphatic imine (C=N–C) groups is 1. The topological polar surface area (TPSA) is 75.3 Å². The highest BCUT2D eigenvalue weighted by molar-refractivity contribution is 7.07. The second kappa shape index (κ2) is 7.78. The molecule has 0 saturated carbocycles. The summed E-state index contributed by atoms with van der Waals surface area (Å²) < 4.78 is 5.05. The molecule has 0 fully saturated rings. The van der Waals surface area contributed by atoms with Crippen molar-refractivity contribution in [1.82, 2.24) is 20.8 Å². The molecule has 7 heteroatoms. The molecule has 21 heavy (non-hydrogen) atoms. The molecule has 2 aromatic rings. The molecule has 0 saturated heterocycles. The van der Waals surface area contributed by atoms with Crippen molar-refractivity contribution in [3.63, 3.8) is 0 Å². The summed E-state index contributed by atoms with van der Waals surface area (Å²) in [5, 5.41) is 14.6. The Kier molecular flexibility index (Phi) is 5.74. The lowest BCUT2D eigenvalue weighted by atomic mass is 10.1. The van der Waals surface area contributed by atoms with E-state index < -0.39 is 0 Å². The molecular formula is C14H21N5OS. The van der Waals surface area contributed by atoms with Gasteiger partial charge in [-0.15, -0.1) is 0 Å². The summed E-state index contributed by atoms with van der Waals surface area (Å²) in [7, 11) is 0. The van der Waals surface area contributed by atoms with Crippen LogP contribution in [0.5, 0.6) is 0 Å². The molecule has 0 aliphatic heterocycles. The zero-order chi connectivity index (χ0) is 15.1. The van der Waals surface area contributed by atoms with Crippen LogP contribution in [-0.2, 0) is 6.54 Å². The highest BCUT2D eigenvalue weighted by atomic mass is 32.1. The van der Waals surface area contributed by atoms with Gasteiger partial charge < -0.3 is 15.2 Å². The van der Waals surface area contributed by atoms with E-state index in [1.165, 1.54) is 5.56 Å². The monoisotopic (exact) mass is 307 g/mol. The Labute approximate surface area is 128 Å². The fraction of sp³-hybridized carbons (Fsp3) is 0.500. The quantitative estimate of drug-likeness (QED) is 0.632. The van der Waals surface area contributed by atoms with Gasteiger partial charge in [-0.1, -0.05) is 12.1 Å². The zero-order valence-corrected chi connectivity index (χ0v) is 13.4. The van der Waals surface area contributed by atoms with Crippen molar-refractivity contribution < 1.29 is 4.52 Å². The molecule has 2 heterocycles. The Balaban J connectivity index is 1.89. The zero-order valence-electron chi connectivity index (χ0n) is 12.6. The number of aryl methyl sites for hydroxylation is 1. The van der Waals surface area contributed by atoms with Gasteiger partial charge in [0.15, 0.2) is 11.8 Å². The van der Waals surface area contributed by atoms with Crippen LogP contribution in [0.2, 0.25) is 0 Å². The molecule has 114 valence electrons. The molecule has 0 radical (unpaired) electrons. The van der Waals surface area contributed by atoms with Crippen LogP contribution in [0, 0.1) is 6.92 Å². The van der Waals surface area contributed by atoms with E-state index in [1.54, 1.807) is 18.3 Å². The first-order valence-corrected chi connectivity index (χ1v) is 7.96. The van der Waals surface area contributed by atoms with E-state index >= 15 is 0 Å². The number of guanidine groups is 1. The minimum Gasteiger partial charge on any atom is -0.357 e. The predicted octanol–water partition coefficient (Wildman–Crippen LogP) is 2.30. The lowest BCUT2D eigenvalue weighted by Crippen LogP contribution is -2.39. The first kappa shape index (κ1) is 15.5. The number of rotatable bonds is 6. The lowest BCUT2D eigenvalue weighted by molar-refractivity contribution is 0.376. The second-order valence-corrected chi connectivity index (χ2v) is 5.55. The summed E-state index contributed by atoms with van der Waals surface area (Å²) in [5.74, 6) is 2.35. The molecule has 0 amide bonds. The highest BCUT2D eigenvalue weighted by Crippen LogP contribution is 2.16. The van der Waals surface area contributed by atoms with Crippen molar-refractivity contribution >= 4 is 17.3 Å². The molecule has 0 spiro atoms. The van der Waals surface area contributed by atoms with Gasteiger partial charge in [-0.2, -0.15) is 16.3 Å². The molecule has 2 aromatic heterocycles. The minimum absolute atomic E-state index is 0.378. The Bertz CT molecular complexity index is 564. The minimum atomic E-state index is 0.378. The molecule has 0 bridgehead atoms. The number of hydrogen-bond acceptors (Lipinski definition) is 5. The summed E-state index contributed by atoms with van der Waals surface area (Å²) >= 11 is 1.72. The van der Waals surface area contributed by atoms with Crippen LogP contribution in [0.4, 0.5) is 0 Å². The average Bonchev–Trinajstić information content (AvgIpc) is 3.13. The van der Waals surface area contributed by atoms with E-state index in [9.17, 15) is 0 Å². The molecular weight excluding hydrogens is 286 g/mol. The Morgan fingerprint density at radius 1 is 1.48 bits per heavy atom. The normalized spacial score (nSPS) is 13.2. The molecule has 1 atom stereocenters. The molecule has 0 aromatic carbocycles. The smallest absolute Gasteiger partial charge is 0.248 e. The number of thiophene rings is 1. The SMILES string of the molecule is CCNC(=NCc1nc(C)no1)NCC(C)c1ccsc1. The van der Waals surface area contributed by atoms with Gasteiger partial charge in [0.1, 0.15) is 6.54 Å². The molecule has 6 nitrogen and oxygen atoms in total. The molecule has 2 N–H and O–H groups in total. The fourth-order valence-electron chi connectivity index (χ4n) is 1.82. The number of hydrogen-bond donors (Lipinski definition) is 2.